The van der Waals surface area contributed by atoms with E-state index in [0.717, 1.165) is 5.03 Å². The number of hydrogen-bond donors (Lipinski definition) is 0. The third kappa shape index (κ3) is 3.59. The molecule has 0 radical (unpaired) electrons. The molecule has 0 saturated carbocycles. The molecule has 0 bridgehead atoms. The molecule has 0 saturated heterocycles. The van der Waals surface area contributed by atoms with Crippen LogP contribution in [0.4, 0.5) is 0 Å². The fourth-order valence-electron chi connectivity index (χ4n) is 1.93. The summed E-state index contributed by atoms with van der Waals surface area (Å²) in [5.41, 5.74) is 0.591. The molecule has 0 N–H and O–H groups in total. The number of nitrogens with zero attached hydrogens (tertiary/aromatic N) is 3. The minimum Gasteiger partial charge on any atom is -0.493 e. The third-order valence-corrected chi connectivity index (χ3v) is 4.08. The molecule has 6 nitrogen and oxygen atoms in total. The van der Waals surface area contributed by atoms with Gasteiger partial charge in [0.1, 0.15) is 5.03 Å². The Balaban J connectivity index is 2.08. The Kier molecular flexibility index (Phi) is 5.43. The highest BCUT2D eigenvalue weighted by atomic mass is 32.2. The zero-order valence-corrected chi connectivity index (χ0v) is 13.9. The van der Waals surface area contributed by atoms with Crippen LogP contribution in [0.3, 0.4) is 0 Å². The minimum absolute atomic E-state index is 0.0162. The van der Waals surface area contributed by atoms with E-state index in [-0.39, 0.29) is 11.8 Å². The SMILES string of the molecule is COc1ccc(C(=O)CSc2cnnn2C(C)C)cc1OC. The molecule has 0 aliphatic carbocycles. The number of thioether (sulfide) groups is 1. The fraction of sp³-hybridized carbons (Fsp3) is 0.400. The van der Waals surface area contributed by atoms with Crippen molar-refractivity contribution in [1.82, 2.24) is 15.0 Å². The number of aromatic nitrogens is 3. The maximum Gasteiger partial charge on any atom is 0.173 e. The van der Waals surface area contributed by atoms with E-state index in [1.165, 1.54) is 11.8 Å². The molecule has 0 amide bonds. The number of hydrogen-bond acceptors (Lipinski definition) is 6. The molecule has 0 atom stereocenters. The van der Waals surface area contributed by atoms with Gasteiger partial charge in [-0.05, 0) is 32.0 Å². The number of benzene rings is 1. The molecule has 7 heteroatoms. The first-order valence-electron chi connectivity index (χ1n) is 6.85. The van der Waals surface area contributed by atoms with Crippen LogP contribution in [-0.4, -0.2) is 40.7 Å². The highest BCUT2D eigenvalue weighted by molar-refractivity contribution is 7.99. The summed E-state index contributed by atoms with van der Waals surface area (Å²) in [6, 6.07) is 5.37. The van der Waals surface area contributed by atoms with Crippen LogP contribution in [0.25, 0.3) is 0 Å². The van der Waals surface area contributed by atoms with Gasteiger partial charge < -0.3 is 9.47 Å². The second-order valence-electron chi connectivity index (χ2n) is 4.89. The van der Waals surface area contributed by atoms with E-state index in [1.54, 1.807) is 43.3 Å². The number of ether oxygens (including phenoxy) is 2. The van der Waals surface area contributed by atoms with E-state index in [1.807, 2.05) is 13.8 Å². The van der Waals surface area contributed by atoms with Crippen LogP contribution in [0.2, 0.25) is 0 Å². The number of carbonyl (C=O) groups is 1. The molecule has 0 aliphatic heterocycles. The van der Waals surface area contributed by atoms with Crippen LogP contribution < -0.4 is 9.47 Å². The number of methoxy groups -OCH3 is 2. The van der Waals surface area contributed by atoms with E-state index in [9.17, 15) is 4.79 Å². The Morgan fingerprint density at radius 3 is 2.64 bits per heavy atom. The first-order valence-corrected chi connectivity index (χ1v) is 7.83. The average Bonchev–Trinajstić information content (AvgIpc) is 3.00. The summed E-state index contributed by atoms with van der Waals surface area (Å²) in [5.74, 6) is 1.48. The van der Waals surface area contributed by atoms with Crippen LogP contribution >= 0.6 is 11.8 Å². The Morgan fingerprint density at radius 1 is 1.27 bits per heavy atom. The van der Waals surface area contributed by atoms with Gasteiger partial charge >= 0.3 is 0 Å². The summed E-state index contributed by atoms with van der Waals surface area (Å²) in [6.45, 7) is 4.05. The standard InChI is InChI=1S/C15H19N3O3S/c1-10(2)18-15(8-16-17-18)22-9-12(19)11-5-6-13(20-3)14(7-11)21-4/h5-8,10H,9H2,1-4H3. The van der Waals surface area contributed by atoms with Gasteiger partial charge in [0.05, 0.1) is 26.2 Å². The van der Waals surface area contributed by atoms with Gasteiger partial charge in [-0.1, -0.05) is 17.0 Å². The number of Topliss-reactive ketones (excluding diaryl/α,β-unsaturated/α-hetero) is 1. The molecule has 0 aliphatic rings. The van der Waals surface area contributed by atoms with E-state index in [2.05, 4.69) is 10.3 Å². The topological polar surface area (TPSA) is 66.2 Å². The Hall–Kier alpha value is -2.02. The maximum absolute atomic E-state index is 12.3. The summed E-state index contributed by atoms with van der Waals surface area (Å²) in [5, 5.41) is 8.78. The van der Waals surface area contributed by atoms with Crippen molar-refractivity contribution >= 4 is 17.5 Å². The van der Waals surface area contributed by atoms with Crippen molar-refractivity contribution in [3.05, 3.63) is 30.0 Å². The Labute approximate surface area is 133 Å². The van der Waals surface area contributed by atoms with Crippen LogP contribution in [0.1, 0.15) is 30.2 Å². The smallest absolute Gasteiger partial charge is 0.173 e. The molecular weight excluding hydrogens is 302 g/mol. The first kappa shape index (κ1) is 16.4. The van der Waals surface area contributed by atoms with Gasteiger partial charge in [-0.3, -0.25) is 4.79 Å². The second kappa shape index (κ2) is 7.31. The van der Waals surface area contributed by atoms with Crippen molar-refractivity contribution < 1.29 is 14.3 Å². The largest absolute Gasteiger partial charge is 0.493 e. The van der Waals surface area contributed by atoms with Crippen molar-refractivity contribution in [3.63, 3.8) is 0 Å². The van der Waals surface area contributed by atoms with Gasteiger partial charge in [0.15, 0.2) is 17.3 Å². The summed E-state index contributed by atoms with van der Waals surface area (Å²) < 4.78 is 12.2. The van der Waals surface area contributed by atoms with Crippen LogP contribution in [0.15, 0.2) is 29.4 Å². The van der Waals surface area contributed by atoms with Crippen LogP contribution in [-0.2, 0) is 0 Å². The second-order valence-corrected chi connectivity index (χ2v) is 5.89. The molecule has 2 aromatic rings. The van der Waals surface area contributed by atoms with E-state index >= 15 is 0 Å². The zero-order chi connectivity index (χ0) is 16.1. The predicted octanol–water partition coefficient (Wildman–Crippen LogP) is 2.85. The van der Waals surface area contributed by atoms with E-state index in [4.69, 9.17) is 9.47 Å². The quantitative estimate of drug-likeness (QED) is 0.577. The first-order chi connectivity index (χ1) is 10.6. The van der Waals surface area contributed by atoms with Crippen molar-refractivity contribution in [2.24, 2.45) is 0 Å². The molecule has 0 spiro atoms. The molecule has 0 fully saturated rings. The van der Waals surface area contributed by atoms with Gasteiger partial charge in [-0.15, -0.1) is 5.10 Å². The lowest BCUT2D eigenvalue weighted by Crippen LogP contribution is -2.07. The lowest BCUT2D eigenvalue weighted by molar-refractivity contribution is 0.102. The van der Waals surface area contributed by atoms with Gasteiger partial charge in [0.25, 0.3) is 0 Å². The summed E-state index contributed by atoms with van der Waals surface area (Å²) in [4.78, 5) is 12.3. The lowest BCUT2D eigenvalue weighted by Gasteiger charge is -2.10. The monoisotopic (exact) mass is 321 g/mol. The molecule has 2 rings (SSSR count). The zero-order valence-electron chi connectivity index (χ0n) is 13.1. The summed E-state index contributed by atoms with van der Waals surface area (Å²) in [7, 11) is 3.11. The summed E-state index contributed by atoms with van der Waals surface area (Å²) >= 11 is 1.42. The number of ketones is 1. The van der Waals surface area contributed by atoms with Crippen molar-refractivity contribution in [1.29, 1.82) is 0 Å². The molecule has 0 unspecified atom stereocenters. The third-order valence-electron chi connectivity index (χ3n) is 3.09. The normalized spacial score (nSPS) is 10.8. The van der Waals surface area contributed by atoms with Gasteiger partial charge in [-0.2, -0.15) is 0 Å². The van der Waals surface area contributed by atoms with Crippen LogP contribution in [0, 0.1) is 0 Å². The van der Waals surface area contributed by atoms with Gasteiger partial charge in [-0.25, -0.2) is 4.68 Å². The number of rotatable bonds is 7. The van der Waals surface area contributed by atoms with Crippen molar-refractivity contribution in [2.45, 2.75) is 24.9 Å². The fourth-order valence-corrected chi connectivity index (χ4v) is 2.87. The molecule has 1 aromatic heterocycles. The van der Waals surface area contributed by atoms with Crippen LogP contribution in [0.5, 0.6) is 11.5 Å². The van der Waals surface area contributed by atoms with E-state index in [0.29, 0.717) is 22.8 Å². The Bertz CT molecular complexity index is 655. The van der Waals surface area contributed by atoms with Crippen molar-refractivity contribution in [3.8, 4) is 11.5 Å². The molecular formula is C15H19N3O3S. The highest BCUT2D eigenvalue weighted by Gasteiger charge is 2.14. The maximum atomic E-state index is 12.3. The predicted molar refractivity (Wildman–Crippen MR) is 85.0 cm³/mol. The van der Waals surface area contributed by atoms with Crippen molar-refractivity contribution in [2.75, 3.05) is 20.0 Å². The molecule has 1 aromatic carbocycles. The Morgan fingerprint density at radius 2 is 2.00 bits per heavy atom. The van der Waals surface area contributed by atoms with E-state index < -0.39 is 0 Å². The minimum atomic E-state index is 0.0162. The molecule has 118 valence electrons. The number of carbonyl (C=O) groups excluding carboxylic acids is 1. The molecule has 22 heavy (non-hydrogen) atoms. The molecule has 1 heterocycles. The van der Waals surface area contributed by atoms with Gasteiger partial charge in [0.2, 0.25) is 0 Å². The average molecular weight is 321 g/mol. The summed E-state index contributed by atoms with van der Waals surface area (Å²) in [6.07, 6.45) is 1.67. The van der Waals surface area contributed by atoms with Gasteiger partial charge in [0, 0.05) is 11.6 Å². The lowest BCUT2D eigenvalue weighted by atomic mass is 10.1. The highest BCUT2D eigenvalue weighted by Crippen LogP contribution is 2.28.